The van der Waals surface area contributed by atoms with Crippen molar-refractivity contribution in [2.45, 2.75) is 13.0 Å². The Bertz CT molecular complexity index is 744. The first kappa shape index (κ1) is 13.2. The summed E-state index contributed by atoms with van der Waals surface area (Å²) in [4.78, 5) is 4.75. The van der Waals surface area contributed by atoms with Crippen molar-refractivity contribution >= 4 is 22.6 Å². The normalized spacial score (nSPS) is 11.2. The quantitative estimate of drug-likeness (QED) is 0.802. The topological polar surface area (TPSA) is 43.8 Å². The van der Waals surface area contributed by atoms with Gasteiger partial charge in [0.1, 0.15) is 5.82 Å². The molecule has 20 heavy (non-hydrogen) atoms. The first-order valence-electron chi connectivity index (χ1n) is 6.56. The predicted octanol–water partition coefficient (Wildman–Crippen LogP) is 3.28. The molecule has 2 aromatic carbocycles. The third-order valence-corrected chi connectivity index (χ3v) is 3.84. The molecule has 4 heteroatoms. The molecule has 0 saturated carbocycles. The van der Waals surface area contributed by atoms with Crippen LogP contribution in [-0.2, 0) is 20.0 Å². The Balaban J connectivity index is 2.03. The number of rotatable bonds is 3. The monoisotopic (exact) mass is 285 g/mol. The average Bonchev–Trinajstić information content (AvgIpc) is 2.78. The first-order valence-corrected chi connectivity index (χ1v) is 6.94. The summed E-state index contributed by atoms with van der Waals surface area (Å²) in [5.41, 5.74) is 10.2. The summed E-state index contributed by atoms with van der Waals surface area (Å²) in [6.45, 7) is 0.509. The number of nitrogens with two attached hydrogens (primary N) is 1. The van der Waals surface area contributed by atoms with E-state index in [9.17, 15) is 0 Å². The zero-order valence-corrected chi connectivity index (χ0v) is 12.1. The fourth-order valence-electron chi connectivity index (χ4n) is 2.43. The minimum atomic E-state index is 0.509. The molecule has 0 saturated heterocycles. The van der Waals surface area contributed by atoms with Gasteiger partial charge in [0.05, 0.1) is 11.0 Å². The van der Waals surface area contributed by atoms with E-state index in [0.717, 1.165) is 33.9 Å². The third-order valence-electron chi connectivity index (χ3n) is 3.58. The van der Waals surface area contributed by atoms with Crippen molar-refractivity contribution in [3.63, 3.8) is 0 Å². The van der Waals surface area contributed by atoms with E-state index in [2.05, 4.69) is 10.6 Å². The van der Waals surface area contributed by atoms with Crippen molar-refractivity contribution in [2.75, 3.05) is 0 Å². The molecule has 0 aliphatic carbocycles. The van der Waals surface area contributed by atoms with Crippen molar-refractivity contribution < 1.29 is 0 Å². The van der Waals surface area contributed by atoms with E-state index in [-0.39, 0.29) is 0 Å². The maximum Gasteiger partial charge on any atom is 0.114 e. The highest BCUT2D eigenvalue weighted by Crippen LogP contribution is 2.21. The van der Waals surface area contributed by atoms with Gasteiger partial charge in [-0.15, -0.1) is 0 Å². The average molecular weight is 286 g/mol. The van der Waals surface area contributed by atoms with E-state index >= 15 is 0 Å². The number of fused-ring (bicyclic) bond motifs is 1. The number of para-hydroxylation sites is 1. The molecule has 0 amide bonds. The Morgan fingerprint density at radius 3 is 2.60 bits per heavy atom. The molecule has 0 bridgehead atoms. The van der Waals surface area contributed by atoms with Crippen molar-refractivity contribution in [1.82, 2.24) is 9.55 Å². The smallest absolute Gasteiger partial charge is 0.114 e. The van der Waals surface area contributed by atoms with Crippen LogP contribution in [0.25, 0.3) is 11.0 Å². The maximum atomic E-state index is 5.92. The van der Waals surface area contributed by atoms with Crippen LogP contribution >= 0.6 is 11.6 Å². The molecule has 0 aliphatic rings. The number of imidazole rings is 1. The van der Waals surface area contributed by atoms with Crippen molar-refractivity contribution in [3.8, 4) is 0 Å². The highest BCUT2D eigenvalue weighted by atomic mass is 35.5. The van der Waals surface area contributed by atoms with Gasteiger partial charge < -0.3 is 10.3 Å². The van der Waals surface area contributed by atoms with Crippen LogP contribution in [0.15, 0.2) is 42.5 Å². The minimum Gasteiger partial charge on any atom is -0.331 e. The third kappa shape index (κ3) is 2.30. The summed E-state index contributed by atoms with van der Waals surface area (Å²) in [6.07, 6.45) is 0.784. The number of aryl methyl sites for hydroxylation is 1. The summed E-state index contributed by atoms with van der Waals surface area (Å²) >= 11 is 5.92. The number of halogens is 1. The highest BCUT2D eigenvalue weighted by molar-refractivity contribution is 6.30. The van der Waals surface area contributed by atoms with Gasteiger partial charge in [-0.25, -0.2) is 4.98 Å². The molecule has 1 heterocycles. The minimum absolute atomic E-state index is 0.509. The zero-order chi connectivity index (χ0) is 14.1. The summed E-state index contributed by atoms with van der Waals surface area (Å²) < 4.78 is 2.13. The van der Waals surface area contributed by atoms with Crippen LogP contribution in [0, 0.1) is 0 Å². The molecule has 2 N–H and O–H groups in total. The Hall–Kier alpha value is -1.84. The van der Waals surface area contributed by atoms with Crippen LogP contribution < -0.4 is 5.73 Å². The van der Waals surface area contributed by atoms with Crippen LogP contribution in [0.1, 0.15) is 17.0 Å². The molecule has 0 fully saturated rings. The number of hydrogen-bond donors (Lipinski definition) is 1. The van der Waals surface area contributed by atoms with E-state index in [1.807, 2.05) is 43.4 Å². The standard InChI is InChI=1S/C16H16ClN3/c1-20-14-4-2-3-12(10-18)16(14)19-15(20)9-11-5-7-13(17)8-6-11/h2-8H,9-10,18H2,1H3. The lowest BCUT2D eigenvalue weighted by Crippen LogP contribution is -1.98. The first-order chi connectivity index (χ1) is 9.69. The maximum absolute atomic E-state index is 5.92. The van der Waals surface area contributed by atoms with E-state index in [1.54, 1.807) is 0 Å². The van der Waals surface area contributed by atoms with Gasteiger partial charge in [0.2, 0.25) is 0 Å². The lowest BCUT2D eigenvalue weighted by atomic mass is 10.1. The Labute approximate surface area is 123 Å². The van der Waals surface area contributed by atoms with Crippen LogP contribution in [0.3, 0.4) is 0 Å². The largest absolute Gasteiger partial charge is 0.331 e. The van der Waals surface area contributed by atoms with E-state index in [1.165, 1.54) is 5.56 Å². The van der Waals surface area contributed by atoms with Gasteiger partial charge in [0.15, 0.2) is 0 Å². The molecule has 0 radical (unpaired) electrons. The van der Waals surface area contributed by atoms with Gasteiger partial charge in [-0.1, -0.05) is 35.9 Å². The molecule has 0 atom stereocenters. The molecule has 3 rings (SSSR count). The van der Waals surface area contributed by atoms with Crippen LogP contribution in [0.4, 0.5) is 0 Å². The SMILES string of the molecule is Cn1c(Cc2ccc(Cl)cc2)nc2c(CN)cccc21. The van der Waals surface area contributed by atoms with Crippen molar-refractivity contribution in [3.05, 3.63) is 64.4 Å². The summed E-state index contributed by atoms with van der Waals surface area (Å²) in [5, 5.41) is 0.754. The molecule has 0 aliphatic heterocycles. The fraction of sp³-hybridized carbons (Fsp3) is 0.188. The van der Waals surface area contributed by atoms with E-state index in [0.29, 0.717) is 6.54 Å². The molecular weight excluding hydrogens is 270 g/mol. The summed E-state index contributed by atoms with van der Waals surface area (Å²) in [5.74, 6) is 1.03. The molecule has 0 spiro atoms. The second-order valence-corrected chi connectivity index (χ2v) is 5.32. The van der Waals surface area contributed by atoms with Crippen LogP contribution in [0.5, 0.6) is 0 Å². The van der Waals surface area contributed by atoms with Gasteiger partial charge >= 0.3 is 0 Å². The van der Waals surface area contributed by atoms with E-state index in [4.69, 9.17) is 22.3 Å². The van der Waals surface area contributed by atoms with Crippen molar-refractivity contribution in [2.24, 2.45) is 12.8 Å². The van der Waals surface area contributed by atoms with Crippen molar-refractivity contribution in [1.29, 1.82) is 0 Å². The Morgan fingerprint density at radius 2 is 1.90 bits per heavy atom. The lowest BCUT2D eigenvalue weighted by molar-refractivity contribution is 0.844. The van der Waals surface area contributed by atoms with Gasteiger partial charge in [-0.05, 0) is 29.3 Å². The van der Waals surface area contributed by atoms with Crippen LogP contribution in [-0.4, -0.2) is 9.55 Å². The zero-order valence-electron chi connectivity index (χ0n) is 11.3. The number of benzene rings is 2. The second kappa shape index (κ2) is 5.27. The summed E-state index contributed by atoms with van der Waals surface area (Å²) in [6, 6.07) is 14.0. The highest BCUT2D eigenvalue weighted by Gasteiger charge is 2.10. The molecule has 3 aromatic rings. The number of aromatic nitrogens is 2. The molecule has 1 aromatic heterocycles. The van der Waals surface area contributed by atoms with Gasteiger partial charge in [-0.2, -0.15) is 0 Å². The van der Waals surface area contributed by atoms with E-state index < -0.39 is 0 Å². The fourth-order valence-corrected chi connectivity index (χ4v) is 2.55. The predicted molar refractivity (Wildman–Crippen MR) is 82.9 cm³/mol. The van der Waals surface area contributed by atoms with Gasteiger partial charge in [0.25, 0.3) is 0 Å². The van der Waals surface area contributed by atoms with Crippen LogP contribution in [0.2, 0.25) is 5.02 Å². The Morgan fingerprint density at radius 1 is 1.15 bits per heavy atom. The number of nitrogens with zero attached hydrogens (tertiary/aromatic N) is 2. The second-order valence-electron chi connectivity index (χ2n) is 4.88. The molecule has 102 valence electrons. The molecule has 0 unspecified atom stereocenters. The molecule has 3 nitrogen and oxygen atoms in total. The Kier molecular flexibility index (Phi) is 3.47. The van der Waals surface area contributed by atoms with Gasteiger partial charge in [-0.3, -0.25) is 0 Å². The molecular formula is C16H16ClN3. The van der Waals surface area contributed by atoms with Gasteiger partial charge in [0, 0.05) is 25.0 Å². The lowest BCUT2D eigenvalue weighted by Gasteiger charge is -2.03. The summed E-state index contributed by atoms with van der Waals surface area (Å²) in [7, 11) is 2.04. The number of hydrogen-bond acceptors (Lipinski definition) is 2.